The Hall–Kier alpha value is -0.383. The summed E-state index contributed by atoms with van der Waals surface area (Å²) in [6, 6.07) is 0. The van der Waals surface area contributed by atoms with Crippen LogP contribution in [-0.4, -0.2) is 44.6 Å². The highest BCUT2D eigenvalue weighted by molar-refractivity contribution is 6.74. The van der Waals surface area contributed by atoms with Gasteiger partial charge in [0.05, 0.1) is 19.3 Å². The first kappa shape index (κ1) is 18.4. The van der Waals surface area contributed by atoms with Crippen molar-refractivity contribution in [3.8, 4) is 11.8 Å². The highest BCUT2D eigenvalue weighted by Gasteiger charge is 2.64. The molecule has 2 aliphatic carbocycles. The lowest BCUT2D eigenvalue weighted by Crippen LogP contribution is -2.53. The maximum absolute atomic E-state index is 10.4. The van der Waals surface area contributed by atoms with Gasteiger partial charge in [-0.3, -0.25) is 0 Å². The summed E-state index contributed by atoms with van der Waals surface area (Å²) in [6.07, 6.45) is 1.14. The molecule has 3 aliphatic rings. The van der Waals surface area contributed by atoms with E-state index in [1.54, 1.807) is 0 Å². The SMILES string of the molecule is CC(C#CC1C(O)CC2C1CC21OCCO1)O[Si](C)(C)C(C)(C)C. The maximum Gasteiger partial charge on any atom is 0.193 e. The molecule has 1 heterocycles. The zero-order valence-corrected chi connectivity index (χ0v) is 16.9. The quantitative estimate of drug-likeness (QED) is 0.613. The number of ether oxygens (including phenoxy) is 2. The average molecular weight is 353 g/mol. The first-order valence-corrected chi connectivity index (χ1v) is 12.1. The van der Waals surface area contributed by atoms with Gasteiger partial charge in [-0.2, -0.15) is 0 Å². The molecule has 5 unspecified atom stereocenters. The second kappa shape index (κ2) is 6.10. The number of aliphatic hydroxyl groups excluding tert-OH is 1. The van der Waals surface area contributed by atoms with E-state index in [1.807, 2.05) is 6.92 Å². The molecule has 0 aromatic rings. The van der Waals surface area contributed by atoms with Gasteiger partial charge in [0.25, 0.3) is 0 Å². The van der Waals surface area contributed by atoms with E-state index < -0.39 is 14.1 Å². The van der Waals surface area contributed by atoms with Gasteiger partial charge < -0.3 is 19.0 Å². The number of aliphatic hydroxyl groups is 1. The van der Waals surface area contributed by atoms with Gasteiger partial charge >= 0.3 is 0 Å². The molecule has 3 rings (SSSR count). The van der Waals surface area contributed by atoms with E-state index in [2.05, 4.69) is 45.7 Å². The van der Waals surface area contributed by atoms with Crippen LogP contribution in [0.2, 0.25) is 18.1 Å². The summed E-state index contributed by atoms with van der Waals surface area (Å²) in [5.41, 5.74) is 0. The number of hydrogen-bond donors (Lipinski definition) is 1. The van der Waals surface area contributed by atoms with Crippen LogP contribution in [-0.2, 0) is 13.9 Å². The third-order valence-electron chi connectivity index (χ3n) is 6.48. The van der Waals surface area contributed by atoms with Gasteiger partial charge in [-0.05, 0) is 37.4 Å². The summed E-state index contributed by atoms with van der Waals surface area (Å²) < 4.78 is 17.9. The molecule has 1 N–H and O–H groups in total. The molecular weight excluding hydrogens is 320 g/mol. The van der Waals surface area contributed by atoms with Crippen molar-refractivity contribution in [2.24, 2.45) is 17.8 Å². The molecule has 0 aromatic heterocycles. The molecule has 0 aromatic carbocycles. The Bertz CT molecular complexity index is 536. The van der Waals surface area contributed by atoms with Gasteiger partial charge in [0.15, 0.2) is 14.1 Å². The molecule has 5 atom stereocenters. The molecule has 5 heteroatoms. The average Bonchev–Trinajstić information content (AvgIpc) is 3.01. The van der Waals surface area contributed by atoms with E-state index in [-0.39, 0.29) is 23.2 Å². The summed E-state index contributed by atoms with van der Waals surface area (Å²) in [4.78, 5) is 0. The molecule has 1 aliphatic heterocycles. The van der Waals surface area contributed by atoms with E-state index in [4.69, 9.17) is 13.9 Å². The summed E-state index contributed by atoms with van der Waals surface area (Å²) in [7, 11) is -1.81. The lowest BCUT2D eigenvalue weighted by atomic mass is 9.67. The Labute approximate surface area is 147 Å². The Balaban J connectivity index is 1.62. The van der Waals surface area contributed by atoms with Crippen LogP contribution in [0.25, 0.3) is 0 Å². The second-order valence-electron chi connectivity index (χ2n) is 9.12. The lowest BCUT2D eigenvalue weighted by molar-refractivity contribution is -0.270. The van der Waals surface area contributed by atoms with Crippen molar-refractivity contribution in [1.82, 2.24) is 0 Å². The van der Waals surface area contributed by atoms with Crippen molar-refractivity contribution in [3.05, 3.63) is 0 Å². The molecule has 24 heavy (non-hydrogen) atoms. The topological polar surface area (TPSA) is 47.9 Å². The predicted octanol–water partition coefficient (Wildman–Crippen LogP) is 3.16. The largest absolute Gasteiger partial charge is 0.404 e. The van der Waals surface area contributed by atoms with E-state index in [1.165, 1.54) is 0 Å². The molecule has 136 valence electrons. The summed E-state index contributed by atoms with van der Waals surface area (Å²) in [5, 5.41) is 10.6. The van der Waals surface area contributed by atoms with Gasteiger partial charge in [0, 0.05) is 18.3 Å². The van der Waals surface area contributed by atoms with Crippen molar-refractivity contribution in [2.45, 2.75) is 76.7 Å². The minimum atomic E-state index is -1.81. The third kappa shape index (κ3) is 3.08. The molecule has 3 fully saturated rings. The van der Waals surface area contributed by atoms with Gasteiger partial charge in [-0.1, -0.05) is 32.6 Å². The number of fused-ring (bicyclic) bond motifs is 2. The van der Waals surface area contributed by atoms with Crippen molar-refractivity contribution >= 4 is 8.32 Å². The van der Waals surface area contributed by atoms with Crippen LogP contribution in [0.1, 0.15) is 40.5 Å². The Morgan fingerprint density at radius 3 is 2.46 bits per heavy atom. The standard InChI is InChI=1S/C19H32O4Si/c1-13(23-24(5,6)18(2,3)4)7-8-14-15-12-19(21-9-10-22-19)16(15)11-17(14)20/h13-17,20H,9-12H2,1-6H3. The molecule has 0 bridgehead atoms. The Morgan fingerprint density at radius 1 is 1.25 bits per heavy atom. The van der Waals surface area contributed by atoms with Crippen LogP contribution >= 0.6 is 0 Å². The summed E-state index contributed by atoms with van der Waals surface area (Å²) >= 11 is 0. The van der Waals surface area contributed by atoms with Gasteiger partial charge in [0.1, 0.15) is 6.10 Å². The Morgan fingerprint density at radius 2 is 1.88 bits per heavy atom. The summed E-state index contributed by atoms with van der Waals surface area (Å²) in [6.45, 7) is 14.6. The molecule has 0 radical (unpaired) electrons. The van der Waals surface area contributed by atoms with Crippen molar-refractivity contribution in [3.63, 3.8) is 0 Å². The molecule has 1 spiro atoms. The molecular formula is C19H32O4Si. The minimum absolute atomic E-state index is 0.0268. The fourth-order valence-corrected chi connectivity index (χ4v) is 5.38. The van der Waals surface area contributed by atoms with E-state index >= 15 is 0 Å². The second-order valence-corrected chi connectivity index (χ2v) is 13.9. The predicted molar refractivity (Wildman–Crippen MR) is 95.9 cm³/mol. The van der Waals surface area contributed by atoms with Crippen LogP contribution in [0.4, 0.5) is 0 Å². The van der Waals surface area contributed by atoms with Gasteiger partial charge in [-0.25, -0.2) is 0 Å². The van der Waals surface area contributed by atoms with Crippen molar-refractivity contribution in [1.29, 1.82) is 0 Å². The fraction of sp³-hybridized carbons (Fsp3) is 0.895. The number of hydrogen-bond acceptors (Lipinski definition) is 4. The highest BCUT2D eigenvalue weighted by Crippen LogP contribution is 2.59. The Kier molecular flexibility index (Phi) is 4.68. The van der Waals surface area contributed by atoms with Crippen LogP contribution in [0.5, 0.6) is 0 Å². The lowest BCUT2D eigenvalue weighted by Gasteiger charge is -2.48. The third-order valence-corrected chi connectivity index (χ3v) is 11.0. The fourth-order valence-electron chi connectivity index (χ4n) is 4.08. The first-order chi connectivity index (χ1) is 11.1. The molecule has 4 nitrogen and oxygen atoms in total. The smallest absolute Gasteiger partial charge is 0.193 e. The highest BCUT2D eigenvalue weighted by atomic mass is 28.4. The van der Waals surface area contributed by atoms with Crippen molar-refractivity contribution in [2.75, 3.05) is 13.2 Å². The van der Waals surface area contributed by atoms with Gasteiger partial charge in [-0.15, -0.1) is 0 Å². The van der Waals surface area contributed by atoms with E-state index in [0.29, 0.717) is 25.0 Å². The van der Waals surface area contributed by atoms with Crippen LogP contribution in [0, 0.1) is 29.6 Å². The van der Waals surface area contributed by atoms with Crippen LogP contribution < -0.4 is 0 Å². The minimum Gasteiger partial charge on any atom is -0.404 e. The molecule has 2 saturated carbocycles. The first-order valence-electron chi connectivity index (χ1n) is 9.21. The zero-order valence-electron chi connectivity index (χ0n) is 15.9. The number of rotatable bonds is 2. The maximum atomic E-state index is 10.4. The molecule has 1 saturated heterocycles. The van der Waals surface area contributed by atoms with Crippen molar-refractivity contribution < 1.29 is 19.0 Å². The summed E-state index contributed by atoms with van der Waals surface area (Å²) in [5.74, 6) is 6.90. The van der Waals surface area contributed by atoms with E-state index in [9.17, 15) is 5.11 Å². The zero-order chi connectivity index (χ0) is 17.8. The molecule has 0 amide bonds. The van der Waals surface area contributed by atoms with Gasteiger partial charge in [0.2, 0.25) is 0 Å². The van der Waals surface area contributed by atoms with Crippen LogP contribution in [0.15, 0.2) is 0 Å². The monoisotopic (exact) mass is 352 g/mol. The normalized spacial score (nSPS) is 36.0. The van der Waals surface area contributed by atoms with E-state index in [0.717, 1.165) is 12.8 Å². The van der Waals surface area contributed by atoms with Crippen LogP contribution in [0.3, 0.4) is 0 Å².